The lowest BCUT2D eigenvalue weighted by Crippen LogP contribution is -2.20. The van der Waals surface area contributed by atoms with E-state index < -0.39 is 35.9 Å². The Kier molecular flexibility index (Phi) is 4.83. The van der Waals surface area contributed by atoms with Gasteiger partial charge in [-0.25, -0.2) is 8.78 Å². The molecule has 8 heteroatoms. The van der Waals surface area contributed by atoms with Crippen LogP contribution in [-0.4, -0.2) is 12.5 Å². The number of anilines is 1. The first kappa shape index (κ1) is 16.7. The molecule has 23 heavy (non-hydrogen) atoms. The Morgan fingerprint density at radius 1 is 1.04 bits per heavy atom. The molecule has 0 fully saturated rings. The smallest absolute Gasteiger partial charge is 0.416 e. The van der Waals surface area contributed by atoms with Crippen LogP contribution in [0.25, 0.3) is 0 Å². The minimum Gasteiger partial charge on any atom is -0.484 e. The van der Waals surface area contributed by atoms with Gasteiger partial charge in [-0.15, -0.1) is 0 Å². The Morgan fingerprint density at radius 3 is 2.26 bits per heavy atom. The molecule has 0 spiro atoms. The van der Waals surface area contributed by atoms with Crippen LogP contribution in [0, 0.1) is 11.6 Å². The Balaban J connectivity index is 1.91. The maximum atomic E-state index is 13.3. The van der Waals surface area contributed by atoms with Crippen molar-refractivity contribution in [3.05, 3.63) is 59.7 Å². The predicted molar refractivity (Wildman–Crippen MR) is 71.9 cm³/mol. The van der Waals surface area contributed by atoms with Crippen molar-refractivity contribution in [1.29, 1.82) is 0 Å². The summed E-state index contributed by atoms with van der Waals surface area (Å²) in [5, 5.41) is 2.16. The maximum absolute atomic E-state index is 13.3. The highest BCUT2D eigenvalue weighted by molar-refractivity contribution is 5.91. The molecule has 122 valence electrons. The van der Waals surface area contributed by atoms with Crippen LogP contribution in [0.4, 0.5) is 27.6 Å². The van der Waals surface area contributed by atoms with E-state index in [1.54, 1.807) is 0 Å². The van der Waals surface area contributed by atoms with Crippen LogP contribution in [0.1, 0.15) is 5.56 Å². The Hall–Kier alpha value is -2.64. The first-order valence-corrected chi connectivity index (χ1v) is 6.30. The van der Waals surface area contributed by atoms with Gasteiger partial charge in [-0.05, 0) is 36.4 Å². The number of hydrogen-bond donors (Lipinski definition) is 1. The van der Waals surface area contributed by atoms with E-state index in [2.05, 4.69) is 5.32 Å². The fraction of sp³-hybridized carbons (Fsp3) is 0.133. The summed E-state index contributed by atoms with van der Waals surface area (Å²) in [5.41, 5.74) is -1.07. The van der Waals surface area contributed by atoms with Crippen LogP contribution in [0.2, 0.25) is 0 Å². The fourth-order valence-corrected chi connectivity index (χ4v) is 1.67. The van der Waals surface area contributed by atoms with E-state index in [1.807, 2.05) is 0 Å². The molecule has 1 amide bonds. The summed E-state index contributed by atoms with van der Waals surface area (Å²) in [7, 11) is 0. The van der Waals surface area contributed by atoms with Crippen LogP contribution in [0.5, 0.6) is 5.75 Å². The minimum atomic E-state index is -4.46. The summed E-state index contributed by atoms with van der Waals surface area (Å²) in [5.74, 6) is -2.43. The van der Waals surface area contributed by atoms with Crippen LogP contribution in [0.15, 0.2) is 42.5 Å². The second kappa shape index (κ2) is 6.64. The van der Waals surface area contributed by atoms with Crippen molar-refractivity contribution in [1.82, 2.24) is 0 Å². The van der Waals surface area contributed by atoms with Crippen LogP contribution < -0.4 is 10.1 Å². The molecule has 3 nitrogen and oxygen atoms in total. The molecule has 0 atom stereocenters. The van der Waals surface area contributed by atoms with Crippen molar-refractivity contribution in [2.24, 2.45) is 0 Å². The van der Waals surface area contributed by atoms with E-state index in [9.17, 15) is 26.7 Å². The average Bonchev–Trinajstić information content (AvgIpc) is 2.47. The van der Waals surface area contributed by atoms with Gasteiger partial charge in [0, 0.05) is 6.07 Å². The molecule has 0 aliphatic heterocycles. The lowest BCUT2D eigenvalue weighted by atomic mass is 10.2. The number of hydrogen-bond acceptors (Lipinski definition) is 2. The van der Waals surface area contributed by atoms with Crippen molar-refractivity contribution in [2.45, 2.75) is 6.18 Å². The third-order valence-electron chi connectivity index (χ3n) is 2.76. The van der Waals surface area contributed by atoms with E-state index in [-0.39, 0.29) is 11.4 Å². The first-order valence-electron chi connectivity index (χ1n) is 6.30. The Labute approximate surface area is 127 Å². The number of nitrogens with one attached hydrogen (secondary N) is 1. The van der Waals surface area contributed by atoms with Gasteiger partial charge in [0.2, 0.25) is 0 Å². The molecular formula is C15H10F5NO2. The topological polar surface area (TPSA) is 38.3 Å². The SMILES string of the molecule is O=C(COc1ccc(C(F)(F)F)cc1)Nc1ccc(F)cc1F. The zero-order valence-corrected chi connectivity index (χ0v) is 11.5. The summed E-state index contributed by atoms with van der Waals surface area (Å²) in [6, 6.07) is 6.37. The number of halogens is 5. The van der Waals surface area contributed by atoms with Crippen LogP contribution in [0.3, 0.4) is 0 Å². The van der Waals surface area contributed by atoms with Gasteiger partial charge in [-0.3, -0.25) is 4.79 Å². The second-order valence-electron chi connectivity index (χ2n) is 4.48. The zero-order chi connectivity index (χ0) is 17.0. The third-order valence-corrected chi connectivity index (χ3v) is 2.76. The van der Waals surface area contributed by atoms with Crippen molar-refractivity contribution in [3.63, 3.8) is 0 Å². The third kappa shape index (κ3) is 4.67. The predicted octanol–water partition coefficient (Wildman–Crippen LogP) is 4.00. The Morgan fingerprint density at radius 2 is 1.70 bits per heavy atom. The van der Waals surface area contributed by atoms with Gasteiger partial charge in [0.1, 0.15) is 17.4 Å². The molecule has 0 radical (unpaired) electrons. The number of amides is 1. The van der Waals surface area contributed by atoms with E-state index in [0.29, 0.717) is 6.07 Å². The number of carbonyl (C=O) groups excluding carboxylic acids is 1. The van der Waals surface area contributed by atoms with Gasteiger partial charge in [0.15, 0.2) is 6.61 Å². The lowest BCUT2D eigenvalue weighted by molar-refractivity contribution is -0.137. The van der Waals surface area contributed by atoms with E-state index in [0.717, 1.165) is 36.4 Å². The molecular weight excluding hydrogens is 321 g/mol. The zero-order valence-electron chi connectivity index (χ0n) is 11.5. The number of carbonyl (C=O) groups is 1. The number of benzene rings is 2. The minimum absolute atomic E-state index is 0.0488. The summed E-state index contributed by atoms with van der Waals surface area (Å²) in [6.07, 6.45) is -4.46. The van der Waals surface area contributed by atoms with E-state index in [4.69, 9.17) is 4.74 Å². The summed E-state index contributed by atoms with van der Waals surface area (Å²) in [6.45, 7) is -0.540. The van der Waals surface area contributed by atoms with Crippen LogP contribution in [-0.2, 0) is 11.0 Å². The summed E-state index contributed by atoms with van der Waals surface area (Å²) >= 11 is 0. The molecule has 0 aliphatic rings. The highest BCUT2D eigenvalue weighted by atomic mass is 19.4. The number of rotatable bonds is 4. The molecule has 0 unspecified atom stereocenters. The van der Waals surface area contributed by atoms with Gasteiger partial charge < -0.3 is 10.1 Å². The first-order chi connectivity index (χ1) is 10.8. The normalized spacial score (nSPS) is 11.2. The van der Waals surface area contributed by atoms with Crippen molar-refractivity contribution < 1.29 is 31.5 Å². The summed E-state index contributed by atoms with van der Waals surface area (Å²) < 4.78 is 68.2. The molecule has 0 saturated carbocycles. The van der Waals surface area contributed by atoms with Gasteiger partial charge >= 0.3 is 6.18 Å². The van der Waals surface area contributed by atoms with E-state index in [1.165, 1.54) is 0 Å². The lowest BCUT2D eigenvalue weighted by Gasteiger charge is -2.10. The quantitative estimate of drug-likeness (QED) is 0.860. The molecule has 0 bridgehead atoms. The molecule has 0 aromatic heterocycles. The van der Waals surface area contributed by atoms with Gasteiger partial charge in [-0.2, -0.15) is 13.2 Å². The van der Waals surface area contributed by atoms with Gasteiger partial charge in [0.25, 0.3) is 5.91 Å². The molecule has 1 N–H and O–H groups in total. The van der Waals surface area contributed by atoms with Crippen molar-refractivity contribution in [2.75, 3.05) is 11.9 Å². The fourth-order valence-electron chi connectivity index (χ4n) is 1.67. The van der Waals surface area contributed by atoms with Crippen molar-refractivity contribution >= 4 is 11.6 Å². The molecule has 0 aliphatic carbocycles. The van der Waals surface area contributed by atoms with Crippen LogP contribution >= 0.6 is 0 Å². The molecule has 2 aromatic carbocycles. The Bertz CT molecular complexity index is 698. The summed E-state index contributed by atoms with van der Waals surface area (Å²) in [4.78, 5) is 11.6. The maximum Gasteiger partial charge on any atom is 0.416 e. The largest absolute Gasteiger partial charge is 0.484 e. The van der Waals surface area contributed by atoms with E-state index >= 15 is 0 Å². The van der Waals surface area contributed by atoms with Gasteiger partial charge in [0.05, 0.1) is 11.3 Å². The monoisotopic (exact) mass is 331 g/mol. The molecule has 0 saturated heterocycles. The molecule has 2 rings (SSSR count). The molecule has 0 heterocycles. The van der Waals surface area contributed by atoms with Crippen molar-refractivity contribution in [3.8, 4) is 5.75 Å². The highest BCUT2D eigenvalue weighted by Crippen LogP contribution is 2.30. The van der Waals surface area contributed by atoms with Gasteiger partial charge in [-0.1, -0.05) is 0 Å². The highest BCUT2D eigenvalue weighted by Gasteiger charge is 2.30. The number of alkyl halides is 3. The number of ether oxygens (including phenoxy) is 1. The average molecular weight is 331 g/mol. The molecule has 2 aromatic rings. The standard InChI is InChI=1S/C15H10F5NO2/c16-10-3-6-13(12(17)7-10)21-14(22)8-23-11-4-1-9(2-5-11)15(18,19)20/h1-7H,8H2,(H,21,22). The second-order valence-corrected chi connectivity index (χ2v) is 4.48.